The highest BCUT2D eigenvalue weighted by Crippen LogP contribution is 2.27. The molecule has 0 heterocycles. The molecule has 9 nitrogen and oxygen atoms in total. The van der Waals surface area contributed by atoms with Gasteiger partial charge < -0.3 is 19.5 Å². The number of hydrazone groups is 1. The average molecular weight is 482 g/mol. The molecule has 3 aromatic carbocycles. The zero-order valence-corrected chi connectivity index (χ0v) is 19.0. The number of methoxy groups -OCH3 is 2. The van der Waals surface area contributed by atoms with Crippen LogP contribution >= 0.6 is 11.6 Å². The molecule has 3 aromatic rings. The summed E-state index contributed by atoms with van der Waals surface area (Å²) >= 11 is 5.91. The van der Waals surface area contributed by atoms with Gasteiger partial charge in [-0.2, -0.15) is 5.10 Å². The summed E-state index contributed by atoms with van der Waals surface area (Å²) in [6, 6.07) is 17.6. The normalized spacial score (nSPS) is 10.4. The molecule has 0 atom stereocenters. The minimum atomic E-state index is -1.00. The van der Waals surface area contributed by atoms with E-state index in [0.717, 1.165) is 0 Å². The number of amides is 2. The van der Waals surface area contributed by atoms with Gasteiger partial charge in [-0.05, 0) is 54.1 Å². The van der Waals surface area contributed by atoms with E-state index < -0.39 is 17.8 Å². The molecule has 0 saturated carbocycles. The van der Waals surface area contributed by atoms with E-state index in [2.05, 4.69) is 15.8 Å². The molecule has 2 N–H and O–H groups in total. The Kier molecular flexibility index (Phi) is 8.20. The molecule has 0 saturated heterocycles. The van der Waals surface area contributed by atoms with Crippen LogP contribution in [0.2, 0.25) is 5.02 Å². The second-order valence-electron chi connectivity index (χ2n) is 6.69. The Morgan fingerprint density at radius 1 is 0.882 bits per heavy atom. The van der Waals surface area contributed by atoms with Gasteiger partial charge in [0.1, 0.15) is 17.2 Å². The highest BCUT2D eigenvalue weighted by Gasteiger charge is 2.16. The predicted molar refractivity (Wildman–Crippen MR) is 127 cm³/mol. The van der Waals surface area contributed by atoms with Gasteiger partial charge >= 0.3 is 17.8 Å². The van der Waals surface area contributed by atoms with Crippen molar-refractivity contribution in [3.63, 3.8) is 0 Å². The van der Waals surface area contributed by atoms with E-state index in [4.69, 9.17) is 25.8 Å². The van der Waals surface area contributed by atoms with E-state index in [9.17, 15) is 14.4 Å². The van der Waals surface area contributed by atoms with Crippen LogP contribution in [0, 0.1) is 0 Å². The molecule has 0 unspecified atom stereocenters. The van der Waals surface area contributed by atoms with Crippen LogP contribution < -0.4 is 25.0 Å². The smallest absolute Gasteiger partial charge is 0.343 e. The lowest BCUT2D eigenvalue weighted by Gasteiger charge is -2.09. The van der Waals surface area contributed by atoms with Crippen molar-refractivity contribution < 1.29 is 28.6 Å². The number of ether oxygens (including phenoxy) is 3. The minimum absolute atomic E-state index is 0.240. The van der Waals surface area contributed by atoms with Crippen molar-refractivity contribution in [1.82, 2.24) is 5.43 Å². The number of nitrogens with zero attached hydrogens (tertiary/aromatic N) is 1. The van der Waals surface area contributed by atoms with Crippen molar-refractivity contribution in [1.29, 1.82) is 0 Å². The first-order valence-corrected chi connectivity index (χ1v) is 10.2. The predicted octanol–water partition coefficient (Wildman–Crippen LogP) is 3.67. The Hall–Kier alpha value is -4.37. The van der Waals surface area contributed by atoms with Crippen molar-refractivity contribution in [2.75, 3.05) is 19.5 Å². The van der Waals surface area contributed by atoms with Crippen molar-refractivity contribution in [3.8, 4) is 17.2 Å². The van der Waals surface area contributed by atoms with Gasteiger partial charge in [0.2, 0.25) is 0 Å². The maximum atomic E-state index is 12.4. The zero-order chi connectivity index (χ0) is 24.5. The number of halogens is 1. The molecule has 10 heteroatoms. The van der Waals surface area contributed by atoms with E-state index in [1.165, 1.54) is 26.5 Å². The summed E-state index contributed by atoms with van der Waals surface area (Å²) in [6.07, 6.45) is 1.30. The molecule has 34 heavy (non-hydrogen) atoms. The number of anilines is 1. The van der Waals surface area contributed by atoms with Crippen LogP contribution in [0.3, 0.4) is 0 Å². The number of esters is 1. The number of hydrogen-bond donors (Lipinski definition) is 2. The molecule has 174 valence electrons. The molecule has 2 amide bonds. The van der Waals surface area contributed by atoms with E-state index in [1.807, 2.05) is 0 Å². The fourth-order valence-corrected chi connectivity index (χ4v) is 2.92. The number of nitrogens with one attached hydrogen (secondary N) is 2. The third kappa shape index (κ3) is 6.57. The Morgan fingerprint density at radius 3 is 2.41 bits per heavy atom. The topological polar surface area (TPSA) is 115 Å². The Labute approximate surface area is 200 Å². The fourth-order valence-electron chi connectivity index (χ4n) is 2.75. The van der Waals surface area contributed by atoms with Crippen molar-refractivity contribution in [3.05, 3.63) is 82.9 Å². The number of rotatable bonds is 7. The number of benzene rings is 3. The lowest BCUT2D eigenvalue weighted by Crippen LogP contribution is -2.32. The van der Waals surface area contributed by atoms with Crippen LogP contribution in [-0.2, 0) is 9.59 Å². The summed E-state index contributed by atoms with van der Waals surface area (Å²) in [7, 11) is 2.93. The monoisotopic (exact) mass is 481 g/mol. The molecule has 0 fully saturated rings. The number of carbonyl (C=O) groups excluding carboxylic acids is 3. The minimum Gasteiger partial charge on any atom is -0.497 e. The van der Waals surface area contributed by atoms with E-state index in [0.29, 0.717) is 27.6 Å². The first kappa shape index (κ1) is 24.3. The van der Waals surface area contributed by atoms with Crippen LogP contribution in [0.4, 0.5) is 5.69 Å². The fraction of sp³-hybridized carbons (Fsp3) is 0.0833. The molecular weight excluding hydrogens is 462 g/mol. The third-order valence-corrected chi connectivity index (χ3v) is 4.60. The number of carbonyl (C=O) groups is 3. The van der Waals surface area contributed by atoms with E-state index in [-0.39, 0.29) is 11.4 Å². The van der Waals surface area contributed by atoms with Gasteiger partial charge in [0.05, 0.1) is 31.7 Å². The zero-order valence-electron chi connectivity index (χ0n) is 18.2. The summed E-state index contributed by atoms with van der Waals surface area (Å²) < 4.78 is 15.6. The quantitative estimate of drug-likeness (QED) is 0.175. The Balaban J connectivity index is 1.59. The van der Waals surface area contributed by atoms with Gasteiger partial charge in [0.15, 0.2) is 0 Å². The molecule has 0 aliphatic heterocycles. The van der Waals surface area contributed by atoms with Crippen LogP contribution in [0.1, 0.15) is 15.9 Å². The largest absolute Gasteiger partial charge is 0.497 e. The molecule has 0 aromatic heterocycles. The summed E-state index contributed by atoms with van der Waals surface area (Å²) in [5.74, 6) is -1.38. The summed E-state index contributed by atoms with van der Waals surface area (Å²) in [5, 5.41) is 6.53. The van der Waals surface area contributed by atoms with E-state index >= 15 is 0 Å². The second kappa shape index (κ2) is 11.5. The van der Waals surface area contributed by atoms with Crippen molar-refractivity contribution >= 4 is 41.3 Å². The first-order chi connectivity index (χ1) is 16.4. The third-order valence-electron chi connectivity index (χ3n) is 4.37. The van der Waals surface area contributed by atoms with Gasteiger partial charge in [0, 0.05) is 5.02 Å². The van der Waals surface area contributed by atoms with Crippen LogP contribution in [-0.4, -0.2) is 38.2 Å². The van der Waals surface area contributed by atoms with Gasteiger partial charge in [-0.1, -0.05) is 29.8 Å². The van der Waals surface area contributed by atoms with Crippen LogP contribution in [0.15, 0.2) is 71.8 Å². The lowest BCUT2D eigenvalue weighted by molar-refractivity contribution is -0.136. The molecule has 0 bridgehead atoms. The molecule has 0 aliphatic rings. The van der Waals surface area contributed by atoms with Crippen molar-refractivity contribution in [2.24, 2.45) is 5.10 Å². The average Bonchev–Trinajstić information content (AvgIpc) is 2.84. The van der Waals surface area contributed by atoms with Gasteiger partial charge in [-0.3, -0.25) is 9.59 Å². The number of hydrogen-bond acceptors (Lipinski definition) is 7. The van der Waals surface area contributed by atoms with Crippen molar-refractivity contribution in [2.45, 2.75) is 0 Å². The lowest BCUT2D eigenvalue weighted by atomic mass is 10.2. The van der Waals surface area contributed by atoms with Gasteiger partial charge in [-0.25, -0.2) is 10.2 Å². The molecule has 0 aliphatic carbocycles. The summed E-state index contributed by atoms with van der Waals surface area (Å²) in [6.45, 7) is 0. The van der Waals surface area contributed by atoms with Crippen LogP contribution in [0.25, 0.3) is 0 Å². The van der Waals surface area contributed by atoms with Gasteiger partial charge in [0.25, 0.3) is 0 Å². The highest BCUT2D eigenvalue weighted by molar-refractivity contribution is 6.40. The van der Waals surface area contributed by atoms with Gasteiger partial charge in [-0.15, -0.1) is 0 Å². The Bertz CT molecular complexity index is 1240. The standard InChI is InChI=1S/C24H20ClN3O6/c1-32-18-7-4-6-16(12-18)24(31)34-19-8-3-5-15(11-19)14-26-28-23(30)22(29)27-20-13-17(25)9-10-21(20)33-2/h3-14H,1-2H3,(H,27,29)(H,28,30)/b26-14+. The SMILES string of the molecule is COc1cccc(C(=O)Oc2cccc(/C=N/NC(=O)C(=O)Nc3cc(Cl)ccc3OC)c2)c1. The highest BCUT2D eigenvalue weighted by atomic mass is 35.5. The second-order valence-corrected chi connectivity index (χ2v) is 7.13. The first-order valence-electron chi connectivity index (χ1n) is 9.84. The molecular formula is C24H20ClN3O6. The summed E-state index contributed by atoms with van der Waals surface area (Å²) in [4.78, 5) is 36.5. The molecule has 3 rings (SSSR count). The molecule has 0 radical (unpaired) electrons. The summed E-state index contributed by atoms with van der Waals surface area (Å²) in [5.41, 5.74) is 3.21. The molecule has 0 spiro atoms. The maximum absolute atomic E-state index is 12.4. The maximum Gasteiger partial charge on any atom is 0.343 e. The van der Waals surface area contributed by atoms with E-state index in [1.54, 1.807) is 60.7 Å². The Morgan fingerprint density at radius 2 is 1.65 bits per heavy atom. The van der Waals surface area contributed by atoms with Crippen LogP contribution in [0.5, 0.6) is 17.2 Å².